The van der Waals surface area contributed by atoms with Crippen LogP contribution in [-0.4, -0.2) is 37.8 Å². The van der Waals surface area contributed by atoms with Crippen LogP contribution in [-0.2, 0) is 32.7 Å². The van der Waals surface area contributed by atoms with E-state index in [1.807, 2.05) is 0 Å². The first kappa shape index (κ1) is 28.2. The molecule has 16 heteroatoms. The second-order valence-corrected chi connectivity index (χ2v) is 11.9. The first-order valence-electron chi connectivity index (χ1n) is 10.9. The molecule has 0 amide bonds. The molecule has 4 N–H and O–H groups in total. The summed E-state index contributed by atoms with van der Waals surface area (Å²) < 4.78 is 125. The van der Waals surface area contributed by atoms with Crippen molar-refractivity contribution in [3.63, 3.8) is 0 Å². The lowest BCUT2D eigenvalue weighted by Gasteiger charge is -2.14. The number of aryl methyl sites for hydroxylation is 2. The van der Waals surface area contributed by atoms with Crippen molar-refractivity contribution in [2.24, 2.45) is 0 Å². The minimum atomic E-state index is -5.64. The van der Waals surface area contributed by atoms with Crippen LogP contribution in [0, 0.1) is 0 Å². The van der Waals surface area contributed by atoms with Crippen molar-refractivity contribution in [3.8, 4) is 11.1 Å². The minimum absolute atomic E-state index is 0.142. The molecule has 0 aliphatic carbocycles. The minimum Gasteiger partial charge on any atom is -0.398 e. The maximum atomic E-state index is 12.9. The molecule has 0 fully saturated rings. The topological polar surface area (TPSA) is 135 Å². The lowest BCUT2D eigenvalue weighted by atomic mass is 10.0. The Hall–Kier alpha value is -3.79. The normalized spacial score (nSPS) is 13.1. The molecule has 0 saturated heterocycles. The van der Waals surface area contributed by atoms with Crippen molar-refractivity contribution in [2.75, 3.05) is 10.5 Å². The smallest absolute Gasteiger partial charge is 0.398 e. The lowest BCUT2D eigenvalue weighted by Crippen LogP contribution is -2.30. The van der Waals surface area contributed by atoms with Gasteiger partial charge in [0, 0.05) is 17.7 Å². The molecule has 39 heavy (non-hydrogen) atoms. The maximum absolute atomic E-state index is 12.9. The van der Waals surface area contributed by atoms with E-state index in [1.165, 1.54) is 30.3 Å². The summed E-state index contributed by atoms with van der Waals surface area (Å²) in [5.41, 5.74) is -3.65. The summed E-state index contributed by atoms with van der Waals surface area (Å²) in [7, 11) is -11.2. The van der Waals surface area contributed by atoms with Gasteiger partial charge in [-0.2, -0.15) is 34.8 Å². The van der Waals surface area contributed by atoms with Crippen LogP contribution in [0.3, 0.4) is 0 Å². The monoisotopic (exact) mass is 592 g/mol. The molecule has 4 rings (SSSR count). The zero-order valence-electron chi connectivity index (χ0n) is 19.4. The quantitative estimate of drug-likeness (QED) is 0.201. The van der Waals surface area contributed by atoms with Gasteiger partial charge in [0.2, 0.25) is 0 Å². The van der Waals surface area contributed by atoms with Gasteiger partial charge in [0.15, 0.2) is 0 Å². The summed E-state index contributed by atoms with van der Waals surface area (Å²) in [5.74, 6) is 0.444. The third-order valence-electron chi connectivity index (χ3n) is 5.68. The number of para-hydroxylation sites is 1. The second kappa shape index (κ2) is 9.75. The Kier molecular flexibility index (Phi) is 7.06. The standard InChI is InChI=1S/C23H18F6N4O4S2/c24-22(25,26)38(34,35)15-8-5-13(17(30)12-15)7-10-21-31-19-9-6-14(11-20(19)32-21)16-3-1-2-4-18(16)33-39(36,37)23(27,28)29/h1-6,8-9,11-12,33H,7,10,30H2,(H,31,32). The van der Waals surface area contributed by atoms with Gasteiger partial charge >= 0.3 is 21.0 Å². The van der Waals surface area contributed by atoms with E-state index in [0.29, 0.717) is 28.0 Å². The van der Waals surface area contributed by atoms with E-state index in [2.05, 4.69) is 9.97 Å². The van der Waals surface area contributed by atoms with E-state index < -0.39 is 35.8 Å². The van der Waals surface area contributed by atoms with Gasteiger partial charge in [0.05, 0.1) is 21.6 Å². The van der Waals surface area contributed by atoms with E-state index in [-0.39, 0.29) is 29.8 Å². The van der Waals surface area contributed by atoms with Crippen molar-refractivity contribution in [3.05, 3.63) is 72.1 Å². The average Bonchev–Trinajstić information content (AvgIpc) is 3.24. The Bertz CT molecular complexity index is 1770. The van der Waals surface area contributed by atoms with Crippen molar-refractivity contribution < 1.29 is 43.2 Å². The number of sulfonamides is 1. The number of benzene rings is 3. The van der Waals surface area contributed by atoms with Gasteiger partial charge in [-0.15, -0.1) is 0 Å². The number of nitrogens with zero attached hydrogens (tertiary/aromatic N) is 1. The first-order chi connectivity index (χ1) is 18.0. The third kappa shape index (κ3) is 5.66. The maximum Gasteiger partial charge on any atom is 0.516 e. The summed E-state index contributed by atoms with van der Waals surface area (Å²) in [6, 6.07) is 13.0. The van der Waals surface area contributed by atoms with Gasteiger partial charge in [-0.3, -0.25) is 4.72 Å². The number of aromatic amines is 1. The van der Waals surface area contributed by atoms with Crippen LogP contribution in [0.25, 0.3) is 22.2 Å². The summed E-state index contributed by atoms with van der Waals surface area (Å²) >= 11 is 0. The highest BCUT2D eigenvalue weighted by Crippen LogP contribution is 2.34. The molecule has 3 aromatic carbocycles. The number of rotatable bonds is 7. The fourth-order valence-corrected chi connectivity index (χ4v) is 5.11. The number of hydrogen-bond donors (Lipinski definition) is 3. The van der Waals surface area contributed by atoms with Gasteiger partial charge in [0.25, 0.3) is 9.84 Å². The second-order valence-electron chi connectivity index (χ2n) is 8.32. The predicted octanol–water partition coefficient (Wildman–Crippen LogP) is 5.15. The predicted molar refractivity (Wildman–Crippen MR) is 132 cm³/mol. The molecule has 0 atom stereocenters. The molecular formula is C23H18F6N4O4S2. The molecule has 0 bridgehead atoms. The average molecular weight is 593 g/mol. The van der Waals surface area contributed by atoms with Gasteiger partial charge in [-0.1, -0.05) is 30.3 Å². The molecule has 1 heterocycles. The van der Waals surface area contributed by atoms with E-state index in [1.54, 1.807) is 22.9 Å². The number of nitrogens with two attached hydrogens (primary N) is 1. The van der Waals surface area contributed by atoms with Crippen LogP contribution in [0.1, 0.15) is 11.4 Å². The highest BCUT2D eigenvalue weighted by atomic mass is 32.2. The highest BCUT2D eigenvalue weighted by Gasteiger charge is 2.47. The van der Waals surface area contributed by atoms with E-state index in [4.69, 9.17) is 5.73 Å². The number of aromatic nitrogens is 2. The molecule has 0 aliphatic heterocycles. The number of anilines is 2. The van der Waals surface area contributed by atoms with Crippen LogP contribution in [0.15, 0.2) is 65.6 Å². The van der Waals surface area contributed by atoms with Crippen LogP contribution in [0.5, 0.6) is 0 Å². The number of alkyl halides is 6. The molecule has 1 aromatic heterocycles. The number of fused-ring (bicyclic) bond motifs is 1. The van der Waals surface area contributed by atoms with E-state index in [0.717, 1.165) is 12.1 Å². The molecule has 0 saturated carbocycles. The largest absolute Gasteiger partial charge is 0.516 e. The Morgan fingerprint density at radius 3 is 2.18 bits per heavy atom. The molecule has 0 spiro atoms. The molecular weight excluding hydrogens is 574 g/mol. The highest BCUT2D eigenvalue weighted by molar-refractivity contribution is 7.93. The van der Waals surface area contributed by atoms with Crippen molar-refractivity contribution in [1.82, 2.24) is 9.97 Å². The molecule has 0 radical (unpaired) electrons. The number of H-pyrrole nitrogens is 1. The zero-order chi connectivity index (χ0) is 28.8. The van der Waals surface area contributed by atoms with Crippen molar-refractivity contribution >= 4 is 42.3 Å². The fourth-order valence-electron chi connectivity index (χ4n) is 3.73. The van der Waals surface area contributed by atoms with E-state index >= 15 is 0 Å². The van der Waals surface area contributed by atoms with E-state index in [9.17, 15) is 43.2 Å². The molecule has 8 nitrogen and oxygen atoms in total. The number of hydrogen-bond acceptors (Lipinski definition) is 6. The number of sulfone groups is 1. The summed E-state index contributed by atoms with van der Waals surface area (Å²) in [6.45, 7) is 0. The Labute approximate surface area is 217 Å². The Balaban J connectivity index is 1.56. The zero-order valence-corrected chi connectivity index (χ0v) is 21.1. The molecule has 4 aromatic rings. The van der Waals surface area contributed by atoms with Crippen LogP contribution in [0.2, 0.25) is 0 Å². The van der Waals surface area contributed by atoms with Crippen molar-refractivity contribution in [1.29, 1.82) is 0 Å². The third-order valence-corrected chi connectivity index (χ3v) is 8.26. The SMILES string of the molecule is Nc1cc(S(=O)(=O)C(F)(F)F)ccc1CCc1nc2ccc(-c3ccccc3NS(=O)(=O)C(F)(F)F)cc2[nH]1. The van der Waals surface area contributed by atoms with Crippen molar-refractivity contribution in [2.45, 2.75) is 28.8 Å². The summed E-state index contributed by atoms with van der Waals surface area (Å²) in [5, 5.41) is 0. The number of nitrogens with one attached hydrogen (secondary N) is 2. The van der Waals surface area contributed by atoms with Crippen LogP contribution in [0.4, 0.5) is 37.7 Å². The number of halogens is 6. The van der Waals surface area contributed by atoms with Crippen LogP contribution < -0.4 is 10.5 Å². The van der Waals surface area contributed by atoms with Crippen LogP contribution >= 0.6 is 0 Å². The first-order valence-corrected chi connectivity index (χ1v) is 13.8. The van der Waals surface area contributed by atoms with Gasteiger partial charge in [-0.05, 0) is 47.9 Å². The molecule has 0 unspecified atom stereocenters. The molecule has 0 aliphatic rings. The Morgan fingerprint density at radius 2 is 1.54 bits per heavy atom. The number of imidazole rings is 1. The summed E-state index contributed by atoms with van der Waals surface area (Å²) in [6.07, 6.45) is 0.439. The Morgan fingerprint density at radius 1 is 0.846 bits per heavy atom. The van der Waals surface area contributed by atoms with Gasteiger partial charge in [-0.25, -0.2) is 13.4 Å². The van der Waals surface area contributed by atoms with Gasteiger partial charge in [0.1, 0.15) is 5.82 Å². The van der Waals surface area contributed by atoms with Gasteiger partial charge < -0.3 is 10.7 Å². The molecule has 208 valence electrons. The number of nitrogen functional groups attached to an aromatic ring is 1. The lowest BCUT2D eigenvalue weighted by molar-refractivity contribution is -0.0439. The summed E-state index contributed by atoms with van der Waals surface area (Å²) in [4.78, 5) is 6.45. The fraction of sp³-hybridized carbons (Fsp3) is 0.174.